The Bertz CT molecular complexity index is 406. The second-order valence-electron chi connectivity index (χ2n) is 2.85. The number of aliphatic hydroxyl groups excluding tert-OH is 1. The van der Waals surface area contributed by atoms with Gasteiger partial charge in [0.1, 0.15) is 5.82 Å². The molecular weight excluding hydrogens is 290 g/mol. The molecule has 0 spiro atoms. The van der Waals surface area contributed by atoms with Crippen molar-refractivity contribution >= 4 is 33.5 Å². The SMILES string of the molecule is C#CCNc1nc(SC)nc(CCO)c1Br. The fourth-order valence-electron chi connectivity index (χ4n) is 1.09. The molecule has 0 saturated heterocycles. The van der Waals surface area contributed by atoms with Gasteiger partial charge in [-0.15, -0.1) is 6.42 Å². The molecule has 2 N–H and O–H groups in total. The number of aromatic nitrogens is 2. The predicted molar refractivity (Wildman–Crippen MR) is 69.6 cm³/mol. The van der Waals surface area contributed by atoms with Crippen molar-refractivity contribution < 1.29 is 5.11 Å². The monoisotopic (exact) mass is 301 g/mol. The average Bonchev–Trinajstić information content (AvgIpc) is 2.30. The van der Waals surface area contributed by atoms with E-state index < -0.39 is 0 Å². The Labute approximate surface area is 107 Å². The number of thioether (sulfide) groups is 1. The van der Waals surface area contributed by atoms with Crippen LogP contribution in [0.15, 0.2) is 9.63 Å². The fourth-order valence-corrected chi connectivity index (χ4v) is 1.99. The number of hydrogen-bond donors (Lipinski definition) is 2. The van der Waals surface area contributed by atoms with Gasteiger partial charge in [-0.2, -0.15) is 0 Å². The lowest BCUT2D eigenvalue weighted by Gasteiger charge is -2.10. The van der Waals surface area contributed by atoms with Crippen LogP contribution in [0, 0.1) is 12.3 Å². The lowest BCUT2D eigenvalue weighted by Crippen LogP contribution is -2.07. The van der Waals surface area contributed by atoms with Crippen molar-refractivity contribution in [1.82, 2.24) is 9.97 Å². The van der Waals surface area contributed by atoms with Crippen molar-refractivity contribution in [3.05, 3.63) is 10.2 Å². The van der Waals surface area contributed by atoms with Gasteiger partial charge in [-0.05, 0) is 22.2 Å². The molecule has 1 aromatic rings. The number of nitrogens with zero attached hydrogens (tertiary/aromatic N) is 2. The molecule has 0 unspecified atom stereocenters. The minimum atomic E-state index is 0.0536. The maximum Gasteiger partial charge on any atom is 0.189 e. The van der Waals surface area contributed by atoms with E-state index in [0.717, 1.165) is 10.2 Å². The van der Waals surface area contributed by atoms with Gasteiger partial charge in [0.05, 0.1) is 16.7 Å². The number of aliphatic hydroxyl groups is 1. The zero-order valence-corrected chi connectivity index (χ0v) is 11.2. The summed E-state index contributed by atoms with van der Waals surface area (Å²) in [4.78, 5) is 8.59. The first-order valence-electron chi connectivity index (χ1n) is 4.61. The van der Waals surface area contributed by atoms with E-state index in [0.29, 0.717) is 23.9 Å². The van der Waals surface area contributed by atoms with Gasteiger partial charge in [-0.25, -0.2) is 9.97 Å². The number of halogens is 1. The topological polar surface area (TPSA) is 58.0 Å². The number of rotatable bonds is 5. The Balaban J connectivity index is 3.05. The lowest BCUT2D eigenvalue weighted by atomic mass is 10.3. The third kappa shape index (κ3) is 3.37. The maximum atomic E-state index is 8.93. The van der Waals surface area contributed by atoms with Crippen LogP contribution in [0.4, 0.5) is 5.82 Å². The summed E-state index contributed by atoms with van der Waals surface area (Å²) in [5.41, 5.74) is 0.779. The molecule has 0 aliphatic rings. The Kier molecular flexibility index (Phi) is 5.60. The van der Waals surface area contributed by atoms with E-state index in [1.165, 1.54) is 11.8 Å². The highest BCUT2D eigenvalue weighted by atomic mass is 79.9. The largest absolute Gasteiger partial charge is 0.396 e. The molecule has 4 nitrogen and oxygen atoms in total. The molecule has 0 saturated carbocycles. The maximum absolute atomic E-state index is 8.93. The number of terminal acetylenes is 1. The van der Waals surface area contributed by atoms with E-state index in [9.17, 15) is 0 Å². The normalized spacial score (nSPS) is 9.88. The van der Waals surface area contributed by atoms with Crippen LogP contribution in [-0.4, -0.2) is 34.5 Å². The summed E-state index contributed by atoms with van der Waals surface area (Å²) in [5, 5.41) is 12.6. The van der Waals surface area contributed by atoms with Crippen molar-refractivity contribution in [2.45, 2.75) is 11.6 Å². The van der Waals surface area contributed by atoms with Crippen LogP contribution in [0.2, 0.25) is 0 Å². The number of hydrogen-bond acceptors (Lipinski definition) is 5. The van der Waals surface area contributed by atoms with Crippen molar-refractivity contribution in [3.8, 4) is 12.3 Å². The number of nitrogens with one attached hydrogen (secondary N) is 1. The van der Waals surface area contributed by atoms with Crippen LogP contribution in [0.5, 0.6) is 0 Å². The summed E-state index contributed by atoms with van der Waals surface area (Å²) in [6.07, 6.45) is 7.56. The first-order valence-corrected chi connectivity index (χ1v) is 6.63. The highest BCUT2D eigenvalue weighted by Crippen LogP contribution is 2.26. The minimum absolute atomic E-state index is 0.0536. The van der Waals surface area contributed by atoms with Gasteiger partial charge in [-0.1, -0.05) is 17.7 Å². The summed E-state index contributed by atoms with van der Waals surface area (Å²) in [7, 11) is 0. The third-order valence-electron chi connectivity index (χ3n) is 1.79. The molecule has 0 radical (unpaired) electrons. The molecule has 1 rings (SSSR count). The van der Waals surface area contributed by atoms with Gasteiger partial charge in [-0.3, -0.25) is 0 Å². The van der Waals surface area contributed by atoms with Crippen molar-refractivity contribution in [3.63, 3.8) is 0 Å². The molecule has 1 heterocycles. The van der Waals surface area contributed by atoms with Gasteiger partial charge in [0.2, 0.25) is 0 Å². The van der Waals surface area contributed by atoms with Gasteiger partial charge in [0, 0.05) is 13.0 Å². The van der Waals surface area contributed by atoms with Crippen LogP contribution in [0.3, 0.4) is 0 Å². The van der Waals surface area contributed by atoms with Crippen LogP contribution >= 0.6 is 27.7 Å². The first-order chi connectivity index (χ1) is 7.72. The molecule has 0 fully saturated rings. The van der Waals surface area contributed by atoms with E-state index in [-0.39, 0.29) is 6.61 Å². The second-order valence-corrected chi connectivity index (χ2v) is 4.42. The number of anilines is 1. The van der Waals surface area contributed by atoms with Gasteiger partial charge < -0.3 is 10.4 Å². The Hall–Kier alpha value is -0.770. The highest BCUT2D eigenvalue weighted by Gasteiger charge is 2.10. The second kappa shape index (κ2) is 6.74. The molecule has 86 valence electrons. The van der Waals surface area contributed by atoms with Crippen molar-refractivity contribution in [2.24, 2.45) is 0 Å². The molecule has 0 aliphatic heterocycles. The minimum Gasteiger partial charge on any atom is -0.396 e. The summed E-state index contributed by atoms with van der Waals surface area (Å²) >= 11 is 4.85. The zero-order chi connectivity index (χ0) is 12.0. The van der Waals surface area contributed by atoms with Crippen LogP contribution < -0.4 is 5.32 Å². The summed E-state index contributed by atoms with van der Waals surface area (Å²) in [5.74, 6) is 3.15. The van der Waals surface area contributed by atoms with Crippen LogP contribution in [0.1, 0.15) is 5.69 Å². The first kappa shape index (κ1) is 13.3. The summed E-state index contributed by atoms with van der Waals surface area (Å²) < 4.78 is 0.759. The summed E-state index contributed by atoms with van der Waals surface area (Å²) in [6, 6.07) is 0. The van der Waals surface area contributed by atoms with E-state index in [1.54, 1.807) is 0 Å². The molecule has 6 heteroatoms. The van der Waals surface area contributed by atoms with E-state index in [2.05, 4.69) is 37.1 Å². The van der Waals surface area contributed by atoms with Gasteiger partial charge >= 0.3 is 0 Å². The molecular formula is C10H12BrN3OS. The summed E-state index contributed by atoms with van der Waals surface area (Å²) in [6.45, 7) is 0.458. The molecule has 0 bridgehead atoms. The van der Waals surface area contributed by atoms with Gasteiger partial charge in [0.15, 0.2) is 5.16 Å². The fraction of sp³-hybridized carbons (Fsp3) is 0.400. The molecule has 0 amide bonds. The molecule has 0 atom stereocenters. The Morgan fingerprint density at radius 3 is 2.88 bits per heavy atom. The Morgan fingerprint density at radius 1 is 1.56 bits per heavy atom. The van der Waals surface area contributed by atoms with Crippen molar-refractivity contribution in [1.29, 1.82) is 0 Å². The molecule has 1 aromatic heterocycles. The quantitative estimate of drug-likeness (QED) is 0.491. The lowest BCUT2D eigenvalue weighted by molar-refractivity contribution is 0.297. The van der Waals surface area contributed by atoms with Crippen molar-refractivity contribution in [2.75, 3.05) is 24.7 Å². The zero-order valence-electron chi connectivity index (χ0n) is 8.83. The third-order valence-corrected chi connectivity index (χ3v) is 3.17. The smallest absolute Gasteiger partial charge is 0.189 e. The van der Waals surface area contributed by atoms with E-state index in [1.807, 2.05) is 6.26 Å². The van der Waals surface area contributed by atoms with E-state index >= 15 is 0 Å². The van der Waals surface area contributed by atoms with E-state index in [4.69, 9.17) is 11.5 Å². The van der Waals surface area contributed by atoms with Crippen LogP contribution in [0.25, 0.3) is 0 Å². The average molecular weight is 302 g/mol. The molecule has 0 aliphatic carbocycles. The Morgan fingerprint density at radius 2 is 2.31 bits per heavy atom. The molecule has 0 aromatic carbocycles. The highest BCUT2D eigenvalue weighted by molar-refractivity contribution is 9.10. The van der Waals surface area contributed by atoms with Crippen LogP contribution in [-0.2, 0) is 6.42 Å². The standard InChI is InChI=1S/C10H12BrN3OS/c1-3-5-12-9-8(11)7(4-6-15)13-10(14-9)16-2/h1,15H,4-6H2,2H3,(H,12,13,14). The predicted octanol–water partition coefficient (Wildman–Crippen LogP) is 1.54. The molecule has 16 heavy (non-hydrogen) atoms. The van der Waals surface area contributed by atoms with Gasteiger partial charge in [0.25, 0.3) is 0 Å².